The van der Waals surface area contributed by atoms with Crippen molar-refractivity contribution in [1.29, 1.82) is 0 Å². The van der Waals surface area contributed by atoms with E-state index in [0.717, 1.165) is 59.5 Å². The monoisotopic (exact) mass is 542 g/mol. The average Bonchev–Trinajstić information content (AvgIpc) is 2.97. The van der Waals surface area contributed by atoms with Gasteiger partial charge in [0.15, 0.2) is 5.16 Å². The summed E-state index contributed by atoms with van der Waals surface area (Å²) in [5, 5.41) is 3.66. The Morgan fingerprint density at radius 2 is 1.59 bits per heavy atom. The van der Waals surface area contributed by atoms with Crippen molar-refractivity contribution in [3.05, 3.63) is 107 Å². The molecule has 0 radical (unpaired) electrons. The molecule has 0 saturated carbocycles. The zero-order valence-electron chi connectivity index (χ0n) is 22.1. The summed E-state index contributed by atoms with van der Waals surface area (Å²) < 4.78 is 14.2. The van der Waals surface area contributed by atoms with Gasteiger partial charge >= 0.3 is 0 Å². The van der Waals surface area contributed by atoms with Crippen LogP contribution in [-0.2, 0) is 12.3 Å². The molecule has 0 aliphatic carbocycles. The van der Waals surface area contributed by atoms with E-state index in [1.54, 1.807) is 30.2 Å². The molecule has 0 bridgehead atoms. The maximum absolute atomic E-state index is 14.2. The highest BCUT2D eigenvalue weighted by Crippen LogP contribution is 2.28. The number of aryl methyl sites for hydroxylation is 1. The number of nitrogens with one attached hydrogen (secondary N) is 1. The Bertz CT molecular complexity index is 1430. The molecule has 0 spiro atoms. The quantitative estimate of drug-likeness (QED) is 0.243. The highest BCUT2D eigenvalue weighted by Gasteiger charge is 2.23. The third-order valence-electron chi connectivity index (χ3n) is 6.90. The van der Waals surface area contributed by atoms with Crippen LogP contribution >= 0.6 is 11.8 Å². The summed E-state index contributed by atoms with van der Waals surface area (Å²) in [6, 6.07) is 18.3. The van der Waals surface area contributed by atoms with Crippen LogP contribution in [0.3, 0.4) is 0 Å². The van der Waals surface area contributed by atoms with Crippen molar-refractivity contribution in [2.75, 3.05) is 36.0 Å². The fourth-order valence-electron chi connectivity index (χ4n) is 4.51. The lowest BCUT2D eigenvalue weighted by Crippen LogP contribution is -2.47. The number of carbonyl (C=O) groups excluding carboxylic acids is 1. The van der Waals surface area contributed by atoms with Crippen LogP contribution in [0.1, 0.15) is 32.7 Å². The number of rotatable bonds is 8. The normalized spacial score (nSPS) is 13.4. The number of nitrogens with zero attached hydrogens (tertiary/aromatic N) is 5. The molecule has 7 nitrogen and oxygen atoms in total. The first-order valence-electron chi connectivity index (χ1n) is 13.0. The molecule has 1 N–H and O–H groups in total. The number of amides is 1. The van der Waals surface area contributed by atoms with Crippen LogP contribution in [0.25, 0.3) is 0 Å². The number of para-hydroxylation sites is 1. The Balaban J connectivity index is 1.18. The van der Waals surface area contributed by atoms with Crippen LogP contribution in [0, 0.1) is 19.7 Å². The lowest BCUT2D eigenvalue weighted by Gasteiger charge is -2.37. The van der Waals surface area contributed by atoms with E-state index in [1.165, 1.54) is 6.07 Å². The summed E-state index contributed by atoms with van der Waals surface area (Å²) in [6.45, 7) is 7.52. The summed E-state index contributed by atoms with van der Waals surface area (Å²) >= 11 is 1.58. The van der Waals surface area contributed by atoms with Gasteiger partial charge in [0.25, 0.3) is 5.91 Å². The number of anilines is 2. The molecule has 1 aliphatic heterocycles. The second-order valence-electron chi connectivity index (χ2n) is 9.49. The van der Waals surface area contributed by atoms with Gasteiger partial charge in [-0.25, -0.2) is 14.4 Å². The fraction of sp³-hybridized carbons (Fsp3) is 0.267. The summed E-state index contributed by atoms with van der Waals surface area (Å²) in [5.41, 5.74) is 5.40. The number of thioether (sulfide) groups is 1. The number of benzene rings is 2. The van der Waals surface area contributed by atoms with E-state index in [4.69, 9.17) is 9.97 Å². The molecule has 200 valence electrons. The van der Waals surface area contributed by atoms with Gasteiger partial charge in [-0.15, -0.1) is 0 Å². The van der Waals surface area contributed by atoms with Gasteiger partial charge in [-0.1, -0.05) is 36.0 Å². The lowest BCUT2D eigenvalue weighted by atomic mass is 10.1. The predicted molar refractivity (Wildman–Crippen MR) is 154 cm³/mol. The van der Waals surface area contributed by atoms with Crippen molar-refractivity contribution in [2.24, 2.45) is 0 Å². The molecule has 3 heterocycles. The van der Waals surface area contributed by atoms with Crippen molar-refractivity contribution < 1.29 is 9.18 Å². The van der Waals surface area contributed by atoms with Gasteiger partial charge in [0, 0.05) is 67.7 Å². The third-order valence-corrected chi connectivity index (χ3v) is 7.82. The van der Waals surface area contributed by atoms with Crippen molar-refractivity contribution in [2.45, 2.75) is 31.3 Å². The van der Waals surface area contributed by atoms with Crippen molar-refractivity contribution >= 4 is 29.2 Å². The van der Waals surface area contributed by atoms with Crippen LogP contribution < -0.4 is 15.1 Å². The molecule has 1 fully saturated rings. The van der Waals surface area contributed by atoms with Gasteiger partial charge in [-0.05, 0) is 61.4 Å². The Kier molecular flexibility index (Phi) is 8.36. The maximum atomic E-state index is 14.2. The Hall–Kier alpha value is -3.98. The minimum absolute atomic E-state index is 0.108. The van der Waals surface area contributed by atoms with E-state index in [9.17, 15) is 9.18 Å². The highest BCUT2D eigenvalue weighted by atomic mass is 32.2. The summed E-state index contributed by atoms with van der Waals surface area (Å²) in [7, 11) is 0. The van der Waals surface area contributed by atoms with E-state index >= 15 is 0 Å². The van der Waals surface area contributed by atoms with Gasteiger partial charge in [-0.3, -0.25) is 9.78 Å². The third kappa shape index (κ3) is 6.54. The summed E-state index contributed by atoms with van der Waals surface area (Å²) in [4.78, 5) is 30.5. The molecule has 39 heavy (non-hydrogen) atoms. The number of piperazine rings is 1. The topological polar surface area (TPSA) is 74.2 Å². The van der Waals surface area contributed by atoms with Crippen molar-refractivity contribution in [3.8, 4) is 0 Å². The Morgan fingerprint density at radius 1 is 0.897 bits per heavy atom. The predicted octanol–water partition coefficient (Wildman–Crippen LogP) is 5.18. The smallest absolute Gasteiger partial charge is 0.251 e. The standard InChI is InChI=1S/C30H31FN6OS/c1-21-22(2)34-30(35-28(21)37-17-15-36(16-18-37)27-6-4-3-5-26(27)31)39-20-24-7-9-25(10-8-24)29(38)33-19-23-11-13-32-14-12-23/h3-14H,15-20H2,1-2H3,(H,33,38). The Morgan fingerprint density at radius 3 is 2.31 bits per heavy atom. The van der Waals surface area contributed by atoms with E-state index in [-0.39, 0.29) is 11.7 Å². The minimum atomic E-state index is -0.183. The van der Waals surface area contributed by atoms with Gasteiger partial charge in [0.2, 0.25) is 0 Å². The average molecular weight is 543 g/mol. The Labute approximate surface area is 232 Å². The van der Waals surface area contributed by atoms with E-state index in [0.29, 0.717) is 23.5 Å². The second-order valence-corrected chi connectivity index (χ2v) is 10.4. The molecule has 4 aromatic rings. The minimum Gasteiger partial charge on any atom is -0.366 e. The van der Waals surface area contributed by atoms with Crippen LogP contribution in [0.15, 0.2) is 78.2 Å². The van der Waals surface area contributed by atoms with E-state index in [1.807, 2.05) is 55.5 Å². The first-order valence-corrected chi connectivity index (χ1v) is 13.9. The second kappa shape index (κ2) is 12.3. The van der Waals surface area contributed by atoms with Crippen LogP contribution in [0.5, 0.6) is 0 Å². The molecule has 1 amide bonds. The largest absolute Gasteiger partial charge is 0.366 e. The molecule has 0 unspecified atom stereocenters. The van der Waals surface area contributed by atoms with Crippen LogP contribution in [0.2, 0.25) is 0 Å². The van der Waals surface area contributed by atoms with Gasteiger partial charge in [0.05, 0.1) is 5.69 Å². The molecule has 9 heteroatoms. The van der Waals surface area contributed by atoms with Crippen molar-refractivity contribution in [3.63, 3.8) is 0 Å². The van der Waals surface area contributed by atoms with E-state index < -0.39 is 0 Å². The number of halogens is 1. The molecule has 1 saturated heterocycles. The molecule has 5 rings (SSSR count). The number of hydrogen-bond donors (Lipinski definition) is 1. The van der Waals surface area contributed by atoms with Crippen molar-refractivity contribution in [1.82, 2.24) is 20.3 Å². The zero-order valence-corrected chi connectivity index (χ0v) is 22.9. The van der Waals surface area contributed by atoms with Crippen LogP contribution in [0.4, 0.5) is 15.9 Å². The molecular weight excluding hydrogens is 511 g/mol. The number of pyridine rings is 1. The van der Waals surface area contributed by atoms with Gasteiger partial charge in [0.1, 0.15) is 11.6 Å². The number of aromatic nitrogens is 3. The first-order chi connectivity index (χ1) is 19.0. The first kappa shape index (κ1) is 26.6. The molecule has 2 aromatic carbocycles. The number of carbonyl (C=O) groups is 1. The van der Waals surface area contributed by atoms with Gasteiger partial charge < -0.3 is 15.1 Å². The lowest BCUT2D eigenvalue weighted by molar-refractivity contribution is 0.0951. The SMILES string of the molecule is Cc1nc(SCc2ccc(C(=O)NCc3ccncc3)cc2)nc(N2CCN(c3ccccc3F)CC2)c1C. The summed E-state index contributed by atoms with van der Waals surface area (Å²) in [6.07, 6.45) is 3.43. The van der Waals surface area contributed by atoms with Gasteiger partial charge in [-0.2, -0.15) is 0 Å². The van der Waals surface area contributed by atoms with E-state index in [2.05, 4.69) is 27.0 Å². The maximum Gasteiger partial charge on any atom is 0.251 e. The fourth-order valence-corrected chi connectivity index (χ4v) is 5.35. The number of hydrogen-bond acceptors (Lipinski definition) is 7. The molecule has 2 aromatic heterocycles. The molecule has 0 atom stereocenters. The highest BCUT2D eigenvalue weighted by molar-refractivity contribution is 7.98. The molecule has 1 aliphatic rings. The van der Waals surface area contributed by atoms with Crippen LogP contribution in [-0.4, -0.2) is 47.0 Å². The zero-order chi connectivity index (χ0) is 27.2. The molecular formula is C30H31FN6OS. The summed E-state index contributed by atoms with van der Waals surface area (Å²) in [5.74, 6) is 1.35.